The first-order valence-electron chi connectivity index (χ1n) is 10.7. The molecule has 0 bridgehead atoms. The summed E-state index contributed by atoms with van der Waals surface area (Å²) in [7, 11) is 0. The number of fused-ring (bicyclic) bond motifs is 1. The zero-order chi connectivity index (χ0) is 20.9. The molecule has 2 unspecified atom stereocenters. The summed E-state index contributed by atoms with van der Waals surface area (Å²) in [5, 5.41) is 0.513. The van der Waals surface area contributed by atoms with Crippen LogP contribution < -0.4 is 16.1 Å². The average molecular weight is 398 g/mol. The number of nitrogen functional groups attached to an aromatic ring is 1. The molecule has 0 radical (unpaired) electrons. The molecule has 1 aliphatic carbocycles. The number of ether oxygens (including phenoxy) is 1. The lowest BCUT2D eigenvalue weighted by atomic mass is 9.90. The van der Waals surface area contributed by atoms with Crippen LogP contribution in [0.1, 0.15) is 62.0 Å². The SMILES string of the molecule is CCOC(=O)c1cn(C2CC2)c2c(C)c(N3CC(C)CC(C)C3)c(N)cc2c1=O. The van der Waals surface area contributed by atoms with Crippen LogP contribution in [0, 0.1) is 18.8 Å². The van der Waals surface area contributed by atoms with E-state index in [1.165, 1.54) is 6.42 Å². The molecule has 6 nitrogen and oxygen atoms in total. The van der Waals surface area contributed by atoms with Gasteiger partial charge in [0, 0.05) is 30.7 Å². The zero-order valence-corrected chi connectivity index (χ0v) is 17.8. The normalized spacial score (nSPS) is 22.1. The third-order valence-electron chi connectivity index (χ3n) is 6.18. The fraction of sp³-hybridized carbons (Fsp3) is 0.565. The highest BCUT2D eigenvalue weighted by Gasteiger charge is 2.31. The van der Waals surface area contributed by atoms with E-state index < -0.39 is 5.97 Å². The molecule has 2 aliphatic rings. The molecule has 4 rings (SSSR count). The van der Waals surface area contributed by atoms with Gasteiger partial charge in [0.25, 0.3) is 0 Å². The number of hydrogen-bond acceptors (Lipinski definition) is 5. The second-order valence-electron chi connectivity index (χ2n) is 8.92. The van der Waals surface area contributed by atoms with E-state index in [4.69, 9.17) is 10.5 Å². The van der Waals surface area contributed by atoms with E-state index in [1.807, 2.05) is 0 Å². The first-order chi connectivity index (χ1) is 13.8. The molecule has 0 spiro atoms. The molecule has 6 heteroatoms. The maximum atomic E-state index is 13.2. The Hall–Kier alpha value is -2.50. The maximum absolute atomic E-state index is 13.2. The Labute approximate surface area is 171 Å². The number of carbonyl (C=O) groups is 1. The molecule has 2 heterocycles. The molecule has 2 N–H and O–H groups in total. The summed E-state index contributed by atoms with van der Waals surface area (Å²) in [5.74, 6) is 0.642. The molecular weight excluding hydrogens is 366 g/mol. The predicted molar refractivity (Wildman–Crippen MR) is 117 cm³/mol. The molecule has 2 fully saturated rings. The Balaban J connectivity index is 1.94. The minimum atomic E-state index is -0.562. The smallest absolute Gasteiger partial charge is 0.343 e. The van der Waals surface area contributed by atoms with Crippen molar-refractivity contribution in [2.45, 2.75) is 53.0 Å². The number of hydrogen-bond donors (Lipinski definition) is 1. The van der Waals surface area contributed by atoms with Gasteiger partial charge in [-0.1, -0.05) is 13.8 Å². The van der Waals surface area contributed by atoms with Gasteiger partial charge in [0.05, 0.1) is 23.5 Å². The molecule has 1 saturated carbocycles. The van der Waals surface area contributed by atoms with Gasteiger partial charge < -0.3 is 19.9 Å². The minimum Gasteiger partial charge on any atom is -0.462 e. The molecule has 1 aromatic heterocycles. The van der Waals surface area contributed by atoms with Gasteiger partial charge in [-0.3, -0.25) is 4.79 Å². The quantitative estimate of drug-likeness (QED) is 0.626. The predicted octanol–water partition coefficient (Wildman–Crippen LogP) is 3.89. The molecule has 2 atom stereocenters. The van der Waals surface area contributed by atoms with E-state index in [0.717, 1.165) is 42.7 Å². The highest BCUT2D eigenvalue weighted by molar-refractivity contribution is 5.98. The van der Waals surface area contributed by atoms with Crippen molar-refractivity contribution in [3.05, 3.63) is 33.6 Å². The molecule has 1 aromatic carbocycles. The van der Waals surface area contributed by atoms with Crippen LogP contribution in [0.5, 0.6) is 0 Å². The van der Waals surface area contributed by atoms with Crippen molar-refractivity contribution in [2.75, 3.05) is 30.3 Å². The van der Waals surface area contributed by atoms with Crippen LogP contribution in [0.15, 0.2) is 17.1 Å². The number of benzene rings is 1. The lowest BCUT2D eigenvalue weighted by Crippen LogP contribution is -2.39. The summed E-state index contributed by atoms with van der Waals surface area (Å²) in [6, 6.07) is 2.09. The van der Waals surface area contributed by atoms with Crippen LogP contribution in [0.2, 0.25) is 0 Å². The molecular formula is C23H31N3O3. The topological polar surface area (TPSA) is 77.6 Å². The van der Waals surface area contributed by atoms with Crippen molar-refractivity contribution in [3.63, 3.8) is 0 Å². The van der Waals surface area contributed by atoms with Crippen molar-refractivity contribution >= 4 is 28.2 Å². The van der Waals surface area contributed by atoms with E-state index in [1.54, 1.807) is 19.2 Å². The van der Waals surface area contributed by atoms with Crippen LogP contribution in [0.25, 0.3) is 10.9 Å². The molecule has 1 saturated heterocycles. The first-order valence-corrected chi connectivity index (χ1v) is 10.7. The number of piperidine rings is 1. The third kappa shape index (κ3) is 3.49. The first kappa shape index (κ1) is 19.8. The highest BCUT2D eigenvalue weighted by atomic mass is 16.5. The van der Waals surface area contributed by atoms with Crippen molar-refractivity contribution in [3.8, 4) is 0 Å². The lowest BCUT2D eigenvalue weighted by Gasteiger charge is -2.38. The number of pyridine rings is 1. The van der Waals surface area contributed by atoms with Crippen LogP contribution >= 0.6 is 0 Å². The fourth-order valence-electron chi connectivity index (χ4n) is 5.00. The average Bonchev–Trinajstić information content (AvgIpc) is 3.47. The molecule has 156 valence electrons. The Bertz CT molecular complexity index is 1010. The number of anilines is 2. The summed E-state index contributed by atoms with van der Waals surface area (Å²) >= 11 is 0. The maximum Gasteiger partial charge on any atom is 0.343 e. The molecule has 2 aromatic rings. The van der Waals surface area contributed by atoms with Gasteiger partial charge in [-0.05, 0) is 56.6 Å². The number of nitrogens with two attached hydrogens (primary N) is 1. The largest absolute Gasteiger partial charge is 0.462 e. The monoisotopic (exact) mass is 397 g/mol. The lowest BCUT2D eigenvalue weighted by molar-refractivity contribution is 0.0524. The van der Waals surface area contributed by atoms with Gasteiger partial charge in [-0.25, -0.2) is 4.79 Å². The minimum absolute atomic E-state index is 0.0954. The van der Waals surface area contributed by atoms with Gasteiger partial charge in [-0.2, -0.15) is 0 Å². The Morgan fingerprint density at radius 1 is 1.24 bits per heavy atom. The van der Waals surface area contributed by atoms with E-state index in [-0.39, 0.29) is 17.6 Å². The number of aryl methyl sites for hydroxylation is 1. The van der Waals surface area contributed by atoms with Crippen molar-refractivity contribution in [1.29, 1.82) is 0 Å². The Morgan fingerprint density at radius 3 is 2.48 bits per heavy atom. The fourth-order valence-corrected chi connectivity index (χ4v) is 5.00. The third-order valence-corrected chi connectivity index (χ3v) is 6.18. The summed E-state index contributed by atoms with van der Waals surface area (Å²) in [6.45, 7) is 10.5. The van der Waals surface area contributed by atoms with Gasteiger partial charge in [-0.15, -0.1) is 0 Å². The summed E-state index contributed by atoms with van der Waals surface area (Å²) in [6.07, 6.45) is 5.03. The standard InChI is InChI=1S/C23H31N3O3/c1-5-29-23(28)18-12-26(16-6-7-16)20-15(4)21(19(24)9-17(20)22(18)27)25-10-13(2)8-14(3)11-25/h9,12-14,16H,5-8,10-11,24H2,1-4H3. The van der Waals surface area contributed by atoms with E-state index in [9.17, 15) is 9.59 Å². The van der Waals surface area contributed by atoms with E-state index >= 15 is 0 Å². The van der Waals surface area contributed by atoms with Crippen LogP contribution in [-0.2, 0) is 4.74 Å². The second-order valence-corrected chi connectivity index (χ2v) is 8.92. The van der Waals surface area contributed by atoms with E-state index in [2.05, 4.69) is 30.2 Å². The summed E-state index contributed by atoms with van der Waals surface area (Å²) in [5.41, 5.74) is 9.88. The number of carbonyl (C=O) groups excluding carboxylic acids is 1. The molecule has 29 heavy (non-hydrogen) atoms. The summed E-state index contributed by atoms with van der Waals surface area (Å²) < 4.78 is 7.23. The highest BCUT2D eigenvalue weighted by Crippen LogP contribution is 2.41. The Kier molecular flexibility index (Phi) is 5.05. The van der Waals surface area contributed by atoms with Crippen molar-refractivity contribution in [2.24, 2.45) is 11.8 Å². The van der Waals surface area contributed by atoms with Crippen molar-refractivity contribution < 1.29 is 9.53 Å². The molecule has 1 aliphatic heterocycles. The number of esters is 1. The van der Waals surface area contributed by atoms with Crippen LogP contribution in [0.3, 0.4) is 0 Å². The number of aromatic nitrogens is 1. The second kappa shape index (κ2) is 7.39. The zero-order valence-electron chi connectivity index (χ0n) is 17.8. The van der Waals surface area contributed by atoms with Crippen molar-refractivity contribution in [1.82, 2.24) is 4.57 Å². The Morgan fingerprint density at radius 2 is 1.90 bits per heavy atom. The van der Waals surface area contributed by atoms with E-state index in [0.29, 0.717) is 29.0 Å². The number of nitrogens with zero attached hydrogens (tertiary/aromatic N) is 2. The van der Waals surface area contributed by atoms with Gasteiger partial charge >= 0.3 is 5.97 Å². The van der Waals surface area contributed by atoms with Gasteiger partial charge in [0.1, 0.15) is 5.56 Å². The van der Waals surface area contributed by atoms with Crippen LogP contribution in [0.4, 0.5) is 11.4 Å². The number of rotatable bonds is 4. The van der Waals surface area contributed by atoms with Crippen LogP contribution in [-0.4, -0.2) is 30.2 Å². The van der Waals surface area contributed by atoms with Gasteiger partial charge in [0.15, 0.2) is 0 Å². The summed E-state index contributed by atoms with van der Waals surface area (Å²) in [4.78, 5) is 27.9. The molecule has 0 amide bonds. The van der Waals surface area contributed by atoms with Gasteiger partial charge in [0.2, 0.25) is 5.43 Å².